The van der Waals surface area contributed by atoms with Gasteiger partial charge in [-0.05, 0) is 36.8 Å². The first-order chi connectivity index (χ1) is 11.8. The Morgan fingerprint density at radius 2 is 1.76 bits per heavy atom. The molecule has 1 aromatic heterocycles. The lowest BCUT2D eigenvalue weighted by Gasteiger charge is -2.08. The van der Waals surface area contributed by atoms with Crippen LogP contribution in [0.1, 0.15) is 21.6 Å². The van der Waals surface area contributed by atoms with E-state index in [1.165, 1.54) is 12.1 Å². The smallest absolute Gasteiger partial charge is 0.404 e. The van der Waals surface area contributed by atoms with Gasteiger partial charge in [0, 0.05) is 6.07 Å². The Kier molecular flexibility index (Phi) is 4.31. The fourth-order valence-corrected chi connectivity index (χ4v) is 2.25. The van der Waals surface area contributed by atoms with Crippen molar-refractivity contribution in [2.75, 3.05) is 0 Å². The summed E-state index contributed by atoms with van der Waals surface area (Å²) in [4.78, 5) is 12.2. The number of esters is 1. The normalized spacial score (nSPS) is 11.4. The molecule has 0 saturated heterocycles. The third-order valence-corrected chi connectivity index (χ3v) is 3.42. The van der Waals surface area contributed by atoms with Crippen LogP contribution < -0.4 is 4.74 Å². The van der Waals surface area contributed by atoms with Crippen molar-refractivity contribution in [2.24, 2.45) is 0 Å². The number of hydrogen-bond donors (Lipinski definition) is 0. The van der Waals surface area contributed by atoms with E-state index < -0.39 is 17.8 Å². The largest absolute Gasteiger partial charge is 0.435 e. The van der Waals surface area contributed by atoms with E-state index >= 15 is 0 Å². The van der Waals surface area contributed by atoms with Gasteiger partial charge in [-0.15, -0.1) is 0 Å². The maximum absolute atomic E-state index is 13.0. The van der Waals surface area contributed by atoms with E-state index in [4.69, 9.17) is 4.74 Å². The van der Waals surface area contributed by atoms with E-state index in [1.807, 2.05) is 0 Å². The summed E-state index contributed by atoms with van der Waals surface area (Å²) in [5, 5.41) is 3.55. The molecule has 0 unspecified atom stereocenters. The van der Waals surface area contributed by atoms with Gasteiger partial charge < -0.3 is 4.74 Å². The second-order valence-corrected chi connectivity index (χ2v) is 5.37. The van der Waals surface area contributed by atoms with Gasteiger partial charge in [-0.2, -0.15) is 18.3 Å². The minimum Gasteiger partial charge on any atom is -0.404 e. The lowest BCUT2D eigenvalue weighted by Crippen LogP contribution is -2.11. The molecule has 4 nitrogen and oxygen atoms in total. The van der Waals surface area contributed by atoms with Crippen LogP contribution in [-0.4, -0.2) is 15.7 Å². The molecule has 3 rings (SSSR count). The second kappa shape index (κ2) is 6.43. The summed E-state index contributed by atoms with van der Waals surface area (Å²) in [6.07, 6.45) is -4.65. The number of aryl methyl sites for hydroxylation is 1. The fraction of sp³-hybridized carbons (Fsp3) is 0.111. The van der Waals surface area contributed by atoms with Crippen molar-refractivity contribution >= 4 is 5.97 Å². The summed E-state index contributed by atoms with van der Waals surface area (Å²) in [6, 6.07) is 15.4. The number of hydrogen-bond acceptors (Lipinski definition) is 3. The zero-order chi connectivity index (χ0) is 18.0. The summed E-state index contributed by atoms with van der Waals surface area (Å²) in [5.41, 5.74) is 0.297. The number of benzene rings is 2. The average molecular weight is 346 g/mol. The van der Waals surface area contributed by atoms with Gasteiger partial charge in [-0.25, -0.2) is 9.48 Å². The number of nitrogens with zero attached hydrogens (tertiary/aromatic N) is 2. The van der Waals surface area contributed by atoms with Crippen LogP contribution >= 0.6 is 0 Å². The van der Waals surface area contributed by atoms with Crippen LogP contribution in [0.25, 0.3) is 5.69 Å². The zero-order valence-corrected chi connectivity index (χ0v) is 13.1. The highest BCUT2D eigenvalue weighted by Crippen LogP contribution is 2.32. The SMILES string of the molecule is Cc1cccc(-n2nc(C(F)(F)F)cc2OC(=O)c2ccccc2)c1. The molecule has 7 heteroatoms. The Morgan fingerprint density at radius 3 is 2.40 bits per heavy atom. The summed E-state index contributed by atoms with van der Waals surface area (Å²) in [5.74, 6) is -1.06. The monoisotopic (exact) mass is 346 g/mol. The topological polar surface area (TPSA) is 44.1 Å². The zero-order valence-electron chi connectivity index (χ0n) is 13.1. The standard InChI is InChI=1S/C18H13F3N2O2/c1-12-6-5-9-14(10-12)23-16(11-15(22-23)18(19,20)21)25-17(24)13-7-3-2-4-8-13/h2-11H,1H3. The molecule has 0 atom stereocenters. The number of aromatic nitrogens is 2. The van der Waals surface area contributed by atoms with Crippen LogP contribution in [0.4, 0.5) is 13.2 Å². The average Bonchev–Trinajstić information content (AvgIpc) is 3.00. The number of carbonyl (C=O) groups excluding carboxylic acids is 1. The van der Waals surface area contributed by atoms with E-state index in [1.54, 1.807) is 49.4 Å². The Balaban J connectivity index is 2.02. The first-order valence-corrected chi connectivity index (χ1v) is 7.36. The van der Waals surface area contributed by atoms with Crippen molar-refractivity contribution in [2.45, 2.75) is 13.1 Å². The van der Waals surface area contributed by atoms with Crippen LogP contribution in [0.5, 0.6) is 5.88 Å². The van der Waals surface area contributed by atoms with Crippen molar-refractivity contribution < 1.29 is 22.7 Å². The molecular formula is C18H13F3N2O2. The number of carbonyl (C=O) groups is 1. The van der Waals surface area contributed by atoms with E-state index in [0.717, 1.165) is 10.2 Å². The molecule has 25 heavy (non-hydrogen) atoms. The molecule has 0 fully saturated rings. The van der Waals surface area contributed by atoms with Gasteiger partial charge in [0.2, 0.25) is 5.88 Å². The third kappa shape index (κ3) is 3.71. The number of halogens is 3. The quantitative estimate of drug-likeness (QED) is 0.660. The minimum atomic E-state index is -4.65. The first-order valence-electron chi connectivity index (χ1n) is 7.36. The van der Waals surface area contributed by atoms with E-state index in [9.17, 15) is 18.0 Å². The van der Waals surface area contributed by atoms with Gasteiger partial charge in [0.1, 0.15) is 0 Å². The summed E-state index contributed by atoms with van der Waals surface area (Å²) in [7, 11) is 0. The number of rotatable bonds is 3. The molecule has 0 radical (unpaired) electrons. The minimum absolute atomic E-state index is 0.230. The summed E-state index contributed by atoms with van der Waals surface area (Å²) >= 11 is 0. The van der Waals surface area contributed by atoms with Crippen LogP contribution in [0.3, 0.4) is 0 Å². The van der Waals surface area contributed by atoms with Crippen LogP contribution in [-0.2, 0) is 6.18 Å². The van der Waals surface area contributed by atoms with E-state index in [2.05, 4.69) is 5.10 Å². The molecule has 3 aromatic rings. The van der Waals surface area contributed by atoms with Gasteiger partial charge in [-0.1, -0.05) is 30.3 Å². The number of ether oxygens (including phenoxy) is 1. The highest BCUT2D eigenvalue weighted by Gasteiger charge is 2.36. The molecule has 0 aliphatic rings. The van der Waals surface area contributed by atoms with Gasteiger partial charge in [0.05, 0.1) is 11.3 Å². The van der Waals surface area contributed by atoms with Crippen LogP contribution in [0.15, 0.2) is 60.7 Å². The van der Waals surface area contributed by atoms with Gasteiger partial charge >= 0.3 is 12.1 Å². The molecule has 0 amide bonds. The second-order valence-electron chi connectivity index (χ2n) is 5.37. The van der Waals surface area contributed by atoms with Crippen molar-refractivity contribution in [1.29, 1.82) is 0 Å². The molecule has 128 valence electrons. The fourth-order valence-electron chi connectivity index (χ4n) is 2.25. The molecule has 0 spiro atoms. The third-order valence-electron chi connectivity index (χ3n) is 3.42. The molecule has 0 bridgehead atoms. The summed E-state index contributed by atoms with van der Waals surface area (Å²) < 4.78 is 45.2. The molecule has 0 saturated carbocycles. The molecule has 0 aliphatic carbocycles. The van der Waals surface area contributed by atoms with E-state index in [-0.39, 0.29) is 11.4 Å². The molecule has 0 aliphatic heterocycles. The van der Waals surface area contributed by atoms with Crippen LogP contribution in [0, 0.1) is 6.92 Å². The Labute approximate surface area is 141 Å². The van der Waals surface area contributed by atoms with Crippen molar-refractivity contribution in [3.63, 3.8) is 0 Å². The predicted octanol–water partition coefficient (Wildman–Crippen LogP) is 4.42. The van der Waals surface area contributed by atoms with Crippen molar-refractivity contribution in [3.05, 3.63) is 77.5 Å². The Bertz CT molecular complexity index is 902. The lowest BCUT2D eigenvalue weighted by molar-refractivity contribution is -0.141. The highest BCUT2D eigenvalue weighted by molar-refractivity contribution is 5.90. The van der Waals surface area contributed by atoms with Gasteiger partial charge in [0.15, 0.2) is 5.69 Å². The predicted molar refractivity (Wildman–Crippen MR) is 84.7 cm³/mol. The maximum Gasteiger partial charge on any atom is 0.435 e. The van der Waals surface area contributed by atoms with Gasteiger partial charge in [0.25, 0.3) is 0 Å². The number of alkyl halides is 3. The Morgan fingerprint density at radius 1 is 1.04 bits per heavy atom. The maximum atomic E-state index is 13.0. The molecule has 2 aromatic carbocycles. The molecule has 1 heterocycles. The highest BCUT2D eigenvalue weighted by atomic mass is 19.4. The van der Waals surface area contributed by atoms with Crippen LogP contribution in [0.2, 0.25) is 0 Å². The van der Waals surface area contributed by atoms with E-state index in [0.29, 0.717) is 11.8 Å². The molecule has 0 N–H and O–H groups in total. The lowest BCUT2D eigenvalue weighted by atomic mass is 10.2. The van der Waals surface area contributed by atoms with Crippen molar-refractivity contribution in [3.8, 4) is 11.6 Å². The van der Waals surface area contributed by atoms with Crippen molar-refractivity contribution in [1.82, 2.24) is 9.78 Å². The first kappa shape index (κ1) is 16.8. The molecular weight excluding hydrogens is 333 g/mol. The Hall–Kier alpha value is -3.09. The van der Waals surface area contributed by atoms with Gasteiger partial charge in [-0.3, -0.25) is 0 Å². The summed E-state index contributed by atoms with van der Waals surface area (Å²) in [6.45, 7) is 1.80.